The van der Waals surface area contributed by atoms with Gasteiger partial charge < -0.3 is 15.0 Å². The maximum absolute atomic E-state index is 13.1. The van der Waals surface area contributed by atoms with Crippen molar-refractivity contribution in [3.63, 3.8) is 0 Å². The minimum absolute atomic E-state index is 0.00737. The van der Waals surface area contributed by atoms with Gasteiger partial charge in [-0.3, -0.25) is 9.59 Å². The molecular weight excluding hydrogens is 388 g/mol. The van der Waals surface area contributed by atoms with Gasteiger partial charge in [-0.15, -0.1) is 0 Å². The van der Waals surface area contributed by atoms with Crippen LogP contribution in [0.15, 0.2) is 72.8 Å². The summed E-state index contributed by atoms with van der Waals surface area (Å²) in [4.78, 5) is 27.3. The first-order valence-electron chi connectivity index (χ1n) is 10.7. The highest BCUT2D eigenvalue weighted by molar-refractivity contribution is 5.90. The summed E-state index contributed by atoms with van der Waals surface area (Å²) < 4.78 is 5.90. The van der Waals surface area contributed by atoms with Gasteiger partial charge in [0.05, 0.1) is 0 Å². The highest BCUT2D eigenvalue weighted by atomic mass is 16.5. The smallest absolute Gasteiger partial charge is 0.261 e. The Morgan fingerprint density at radius 1 is 0.903 bits per heavy atom. The Balaban J connectivity index is 1.73. The van der Waals surface area contributed by atoms with E-state index >= 15 is 0 Å². The lowest BCUT2D eigenvalue weighted by atomic mass is 10.1. The molecule has 3 aromatic carbocycles. The zero-order valence-electron chi connectivity index (χ0n) is 18.4. The van der Waals surface area contributed by atoms with E-state index < -0.39 is 6.04 Å². The maximum atomic E-state index is 13.1. The first kappa shape index (κ1) is 22.3. The fraction of sp³-hybridized carbons (Fsp3) is 0.308. The number of nitrogens with zero attached hydrogens (tertiary/aromatic N) is 1. The Bertz CT molecular complexity index is 1010. The van der Waals surface area contributed by atoms with Gasteiger partial charge in [0, 0.05) is 18.0 Å². The molecule has 1 unspecified atom stereocenters. The van der Waals surface area contributed by atoms with Crippen molar-refractivity contribution < 1.29 is 14.3 Å². The van der Waals surface area contributed by atoms with Crippen LogP contribution in [-0.4, -0.2) is 41.9 Å². The normalized spacial score (nSPS) is 11.9. The van der Waals surface area contributed by atoms with Crippen LogP contribution in [0.3, 0.4) is 0 Å². The van der Waals surface area contributed by atoms with Crippen molar-refractivity contribution in [3.05, 3.63) is 78.4 Å². The van der Waals surface area contributed by atoms with E-state index in [0.29, 0.717) is 18.7 Å². The number of fused-ring (bicyclic) bond motifs is 1. The molecule has 2 amide bonds. The summed E-state index contributed by atoms with van der Waals surface area (Å²) in [6.45, 7) is 5.89. The van der Waals surface area contributed by atoms with Gasteiger partial charge in [0.1, 0.15) is 11.8 Å². The average molecular weight is 419 g/mol. The molecule has 0 bridgehead atoms. The van der Waals surface area contributed by atoms with Gasteiger partial charge in [0.2, 0.25) is 5.91 Å². The first-order chi connectivity index (χ1) is 15.0. The molecular formula is C26H30N2O3. The quantitative estimate of drug-likeness (QED) is 0.567. The number of amides is 2. The van der Waals surface area contributed by atoms with E-state index in [0.717, 1.165) is 16.3 Å². The third-order valence-corrected chi connectivity index (χ3v) is 5.18. The molecule has 3 rings (SSSR count). The summed E-state index contributed by atoms with van der Waals surface area (Å²) >= 11 is 0. The minimum atomic E-state index is -0.588. The predicted molar refractivity (Wildman–Crippen MR) is 124 cm³/mol. The summed E-state index contributed by atoms with van der Waals surface area (Å²) in [6.07, 6.45) is 0.667. The van der Waals surface area contributed by atoms with Crippen LogP contribution in [0.5, 0.6) is 5.75 Å². The van der Waals surface area contributed by atoms with Crippen molar-refractivity contribution in [2.75, 3.05) is 13.2 Å². The first-order valence-corrected chi connectivity index (χ1v) is 10.7. The van der Waals surface area contributed by atoms with E-state index in [1.165, 1.54) is 0 Å². The SMILES string of the molecule is CC(C)NC(=O)C(C)N(CCc1ccccc1)C(=O)COc1cccc2ccccc12. The summed E-state index contributed by atoms with van der Waals surface area (Å²) in [5.74, 6) is 0.283. The highest BCUT2D eigenvalue weighted by Crippen LogP contribution is 2.25. The van der Waals surface area contributed by atoms with Crippen LogP contribution in [0, 0.1) is 0 Å². The lowest BCUT2D eigenvalue weighted by molar-refractivity contribution is -0.141. The van der Waals surface area contributed by atoms with Gasteiger partial charge in [0.15, 0.2) is 6.61 Å². The molecule has 0 aliphatic heterocycles. The zero-order chi connectivity index (χ0) is 22.2. The van der Waals surface area contributed by atoms with Crippen molar-refractivity contribution in [2.45, 2.75) is 39.3 Å². The molecule has 5 heteroatoms. The Kier molecular flexibility index (Phi) is 7.65. The topological polar surface area (TPSA) is 58.6 Å². The van der Waals surface area contributed by atoms with E-state index in [4.69, 9.17) is 4.74 Å². The van der Waals surface area contributed by atoms with Crippen LogP contribution in [0.2, 0.25) is 0 Å². The molecule has 0 radical (unpaired) electrons. The number of nitrogens with one attached hydrogen (secondary N) is 1. The van der Waals surface area contributed by atoms with Crippen LogP contribution in [0.1, 0.15) is 26.3 Å². The summed E-state index contributed by atoms with van der Waals surface area (Å²) in [6, 6.07) is 23.0. The minimum Gasteiger partial charge on any atom is -0.483 e. The number of ether oxygens (including phenoxy) is 1. The van der Waals surface area contributed by atoms with Crippen molar-refractivity contribution in [3.8, 4) is 5.75 Å². The van der Waals surface area contributed by atoms with E-state index in [9.17, 15) is 9.59 Å². The number of carbonyl (C=O) groups excluding carboxylic acids is 2. The van der Waals surface area contributed by atoms with Crippen LogP contribution < -0.4 is 10.1 Å². The van der Waals surface area contributed by atoms with Gasteiger partial charge in [-0.2, -0.15) is 0 Å². The maximum Gasteiger partial charge on any atom is 0.261 e. The van der Waals surface area contributed by atoms with E-state index in [2.05, 4.69) is 5.32 Å². The van der Waals surface area contributed by atoms with Crippen molar-refractivity contribution in [1.29, 1.82) is 0 Å². The number of hydrogen-bond acceptors (Lipinski definition) is 3. The van der Waals surface area contributed by atoms with Crippen LogP contribution in [0.25, 0.3) is 10.8 Å². The highest BCUT2D eigenvalue weighted by Gasteiger charge is 2.26. The molecule has 0 heterocycles. The molecule has 0 saturated heterocycles. The van der Waals surface area contributed by atoms with Gasteiger partial charge in [-0.25, -0.2) is 0 Å². The lowest BCUT2D eigenvalue weighted by Gasteiger charge is -2.29. The third-order valence-electron chi connectivity index (χ3n) is 5.18. The molecule has 0 fully saturated rings. The molecule has 0 spiro atoms. The second kappa shape index (κ2) is 10.6. The number of hydrogen-bond donors (Lipinski definition) is 1. The molecule has 0 aliphatic carbocycles. The molecule has 5 nitrogen and oxygen atoms in total. The second-order valence-corrected chi connectivity index (χ2v) is 7.93. The van der Waals surface area contributed by atoms with Gasteiger partial charge in [-0.05, 0) is 44.2 Å². The largest absolute Gasteiger partial charge is 0.483 e. The van der Waals surface area contributed by atoms with Gasteiger partial charge in [0.25, 0.3) is 5.91 Å². The molecule has 162 valence electrons. The number of rotatable bonds is 9. The van der Waals surface area contributed by atoms with Crippen molar-refractivity contribution in [1.82, 2.24) is 10.2 Å². The molecule has 31 heavy (non-hydrogen) atoms. The number of carbonyl (C=O) groups is 2. The van der Waals surface area contributed by atoms with Crippen LogP contribution >= 0.6 is 0 Å². The third kappa shape index (κ3) is 6.07. The Morgan fingerprint density at radius 3 is 2.32 bits per heavy atom. The number of benzene rings is 3. The van der Waals surface area contributed by atoms with Crippen molar-refractivity contribution in [2.24, 2.45) is 0 Å². The summed E-state index contributed by atoms with van der Waals surface area (Å²) in [5.41, 5.74) is 1.12. The fourth-order valence-electron chi connectivity index (χ4n) is 3.52. The summed E-state index contributed by atoms with van der Waals surface area (Å²) in [7, 11) is 0. The Labute approximate surface area is 184 Å². The molecule has 3 aromatic rings. The fourth-order valence-corrected chi connectivity index (χ4v) is 3.52. The van der Waals surface area contributed by atoms with E-state index in [-0.39, 0.29) is 24.5 Å². The molecule has 0 saturated carbocycles. The van der Waals surface area contributed by atoms with Crippen molar-refractivity contribution >= 4 is 22.6 Å². The predicted octanol–water partition coefficient (Wildman–Crippen LogP) is 4.20. The standard InChI is InChI=1S/C26H30N2O3/c1-19(2)27-26(30)20(3)28(17-16-21-10-5-4-6-11-21)25(29)18-31-24-15-9-13-22-12-7-8-14-23(22)24/h4-15,19-20H,16-18H2,1-3H3,(H,27,30). The molecule has 1 atom stereocenters. The molecule has 0 aliphatic rings. The van der Waals surface area contributed by atoms with E-state index in [1.807, 2.05) is 86.6 Å². The molecule has 0 aromatic heterocycles. The zero-order valence-corrected chi connectivity index (χ0v) is 18.4. The average Bonchev–Trinajstić information content (AvgIpc) is 2.77. The lowest BCUT2D eigenvalue weighted by Crippen LogP contribution is -2.51. The van der Waals surface area contributed by atoms with Crippen LogP contribution in [0.4, 0.5) is 0 Å². The molecule has 1 N–H and O–H groups in total. The monoisotopic (exact) mass is 418 g/mol. The van der Waals surface area contributed by atoms with E-state index in [1.54, 1.807) is 11.8 Å². The van der Waals surface area contributed by atoms with Gasteiger partial charge >= 0.3 is 0 Å². The van der Waals surface area contributed by atoms with Gasteiger partial charge in [-0.1, -0.05) is 66.7 Å². The second-order valence-electron chi connectivity index (χ2n) is 7.93. The summed E-state index contributed by atoms with van der Waals surface area (Å²) in [5, 5.41) is 4.91. The Morgan fingerprint density at radius 2 is 1.58 bits per heavy atom. The van der Waals surface area contributed by atoms with Crippen LogP contribution in [-0.2, 0) is 16.0 Å². The Hall–Kier alpha value is -3.34.